The molecule has 0 bridgehead atoms. The number of nitrogens with one attached hydrogen (secondary N) is 1. The molecule has 0 aliphatic rings. The van der Waals surface area contributed by atoms with Gasteiger partial charge in [-0.05, 0) is 23.6 Å². The number of thiophene rings is 1. The van der Waals surface area contributed by atoms with Crippen molar-refractivity contribution in [3.8, 4) is 0 Å². The van der Waals surface area contributed by atoms with E-state index in [0.717, 1.165) is 6.07 Å². The van der Waals surface area contributed by atoms with E-state index >= 15 is 0 Å². The molecule has 0 radical (unpaired) electrons. The molecule has 1 amide bonds. The molecule has 2 rings (SSSR count). The van der Waals surface area contributed by atoms with Gasteiger partial charge in [0.2, 0.25) is 5.78 Å². The molecule has 0 aliphatic heterocycles. The zero-order valence-corrected chi connectivity index (χ0v) is 12.2. The average Bonchev–Trinajstić information content (AvgIpc) is 3.05. The number of hydrogen-bond acceptors (Lipinski definition) is 5. The van der Waals surface area contributed by atoms with Crippen LogP contribution in [0.4, 0.5) is 4.39 Å². The van der Waals surface area contributed by atoms with Crippen LogP contribution >= 0.6 is 11.3 Å². The van der Waals surface area contributed by atoms with Crippen molar-refractivity contribution in [1.82, 2.24) is 5.32 Å². The van der Waals surface area contributed by atoms with Crippen molar-refractivity contribution in [2.75, 3.05) is 13.2 Å². The van der Waals surface area contributed by atoms with Gasteiger partial charge in [0.1, 0.15) is 12.4 Å². The van der Waals surface area contributed by atoms with Gasteiger partial charge in [-0.25, -0.2) is 4.39 Å². The normalized spacial score (nSPS) is 10.0. The van der Waals surface area contributed by atoms with Crippen molar-refractivity contribution >= 4 is 29.0 Å². The Kier molecular flexibility index (Phi) is 5.37. The molecule has 114 valence electrons. The van der Waals surface area contributed by atoms with E-state index in [1.54, 1.807) is 17.5 Å². The van der Waals surface area contributed by atoms with Crippen LogP contribution in [-0.2, 0) is 9.53 Å². The molecule has 1 aromatic heterocycles. The number of ether oxygens (including phenoxy) is 1. The molecule has 1 N–H and O–H groups in total. The minimum atomic E-state index is -0.769. The van der Waals surface area contributed by atoms with Gasteiger partial charge < -0.3 is 10.1 Å². The molecule has 2 aromatic rings. The molecule has 0 spiro atoms. The quantitative estimate of drug-likeness (QED) is 0.653. The highest BCUT2D eigenvalue weighted by Gasteiger charge is 2.14. The van der Waals surface area contributed by atoms with Crippen LogP contribution in [0.5, 0.6) is 0 Å². The molecule has 22 heavy (non-hydrogen) atoms. The van der Waals surface area contributed by atoms with Crippen molar-refractivity contribution < 1.29 is 23.5 Å². The van der Waals surface area contributed by atoms with E-state index in [9.17, 15) is 18.8 Å². The van der Waals surface area contributed by atoms with Gasteiger partial charge in [0, 0.05) is 0 Å². The Labute approximate surface area is 129 Å². The second kappa shape index (κ2) is 7.46. The standard InChI is InChI=1S/C15H12FNO4S/c16-11-5-2-1-4-10(11)12(18)9-21-14(19)8-17-15(20)13-6-3-7-22-13/h1-7H,8-9H2,(H,17,20). The van der Waals surface area contributed by atoms with Crippen LogP contribution in [0, 0.1) is 5.82 Å². The maximum atomic E-state index is 13.4. The summed E-state index contributed by atoms with van der Waals surface area (Å²) in [5.74, 6) is -2.48. The van der Waals surface area contributed by atoms with E-state index in [1.807, 2.05) is 0 Å². The lowest BCUT2D eigenvalue weighted by Crippen LogP contribution is -2.31. The molecule has 1 heterocycles. The number of Topliss-reactive ketones (excluding diaryl/α,β-unsaturated/α-hetero) is 1. The van der Waals surface area contributed by atoms with E-state index in [-0.39, 0.29) is 12.1 Å². The maximum Gasteiger partial charge on any atom is 0.325 e. The van der Waals surface area contributed by atoms with E-state index in [2.05, 4.69) is 5.32 Å². The predicted molar refractivity (Wildman–Crippen MR) is 78.3 cm³/mol. The van der Waals surface area contributed by atoms with Crippen LogP contribution in [0.15, 0.2) is 41.8 Å². The smallest absolute Gasteiger partial charge is 0.325 e. The van der Waals surface area contributed by atoms with Gasteiger partial charge in [-0.15, -0.1) is 11.3 Å². The number of carbonyl (C=O) groups is 3. The van der Waals surface area contributed by atoms with E-state index < -0.39 is 30.1 Å². The molecule has 0 atom stereocenters. The summed E-state index contributed by atoms with van der Waals surface area (Å²) in [6.45, 7) is -0.935. The van der Waals surface area contributed by atoms with Gasteiger partial charge >= 0.3 is 5.97 Å². The summed E-state index contributed by atoms with van der Waals surface area (Å²) >= 11 is 1.24. The Bertz CT molecular complexity index is 685. The minimum absolute atomic E-state index is 0.141. The number of hydrogen-bond donors (Lipinski definition) is 1. The molecule has 0 unspecified atom stereocenters. The van der Waals surface area contributed by atoms with Gasteiger partial charge in [0.25, 0.3) is 5.91 Å². The Morgan fingerprint density at radius 2 is 1.91 bits per heavy atom. The summed E-state index contributed by atoms with van der Waals surface area (Å²) in [7, 11) is 0. The van der Waals surface area contributed by atoms with Crippen molar-refractivity contribution in [3.05, 3.63) is 58.0 Å². The summed E-state index contributed by atoms with van der Waals surface area (Å²) in [5, 5.41) is 4.11. The lowest BCUT2D eigenvalue weighted by atomic mass is 10.1. The molecule has 0 saturated heterocycles. The number of amides is 1. The van der Waals surface area contributed by atoms with Crippen LogP contribution in [0.1, 0.15) is 20.0 Å². The summed E-state index contributed by atoms with van der Waals surface area (Å²) in [6.07, 6.45) is 0. The summed E-state index contributed by atoms with van der Waals surface area (Å²) in [6, 6.07) is 8.76. The van der Waals surface area contributed by atoms with E-state index in [1.165, 1.54) is 29.5 Å². The second-order valence-corrected chi connectivity index (χ2v) is 5.17. The zero-order chi connectivity index (χ0) is 15.9. The van der Waals surface area contributed by atoms with Crippen molar-refractivity contribution in [3.63, 3.8) is 0 Å². The number of rotatable bonds is 6. The third kappa shape index (κ3) is 4.23. The molecular formula is C15H12FNO4S. The molecule has 5 nitrogen and oxygen atoms in total. The predicted octanol–water partition coefficient (Wildman–Crippen LogP) is 2.04. The summed E-state index contributed by atoms with van der Waals surface area (Å²) in [5.41, 5.74) is -0.141. The monoisotopic (exact) mass is 321 g/mol. The minimum Gasteiger partial charge on any atom is -0.456 e. The fourth-order valence-electron chi connectivity index (χ4n) is 1.61. The molecule has 0 saturated carbocycles. The molecule has 7 heteroatoms. The van der Waals surface area contributed by atoms with Crippen LogP contribution < -0.4 is 5.32 Å². The Hall–Kier alpha value is -2.54. The van der Waals surface area contributed by atoms with Gasteiger partial charge in [0.05, 0.1) is 10.4 Å². The number of benzene rings is 1. The van der Waals surface area contributed by atoms with Crippen molar-refractivity contribution in [2.45, 2.75) is 0 Å². The second-order valence-electron chi connectivity index (χ2n) is 4.22. The lowest BCUT2D eigenvalue weighted by molar-refractivity contribution is -0.141. The maximum absolute atomic E-state index is 13.4. The molecular weight excluding hydrogens is 309 g/mol. The molecule has 0 aliphatic carbocycles. The number of carbonyl (C=O) groups excluding carboxylic acids is 3. The third-order valence-corrected chi connectivity index (χ3v) is 3.55. The SMILES string of the molecule is O=C(CNC(=O)c1cccs1)OCC(=O)c1ccccc1F. The van der Waals surface area contributed by atoms with Crippen LogP contribution in [-0.4, -0.2) is 30.8 Å². The fourth-order valence-corrected chi connectivity index (χ4v) is 2.25. The van der Waals surface area contributed by atoms with Gasteiger partial charge in [-0.1, -0.05) is 18.2 Å². The average molecular weight is 321 g/mol. The first-order chi connectivity index (χ1) is 10.6. The molecule has 0 fully saturated rings. The van der Waals surface area contributed by atoms with Gasteiger partial charge in [0.15, 0.2) is 6.61 Å². The fraction of sp³-hybridized carbons (Fsp3) is 0.133. The largest absolute Gasteiger partial charge is 0.456 e. The summed E-state index contributed by atoms with van der Waals surface area (Å²) < 4.78 is 18.1. The van der Waals surface area contributed by atoms with Crippen LogP contribution in [0.25, 0.3) is 0 Å². The first-order valence-electron chi connectivity index (χ1n) is 6.33. The highest BCUT2D eigenvalue weighted by atomic mass is 32.1. The lowest BCUT2D eigenvalue weighted by Gasteiger charge is -2.06. The highest BCUT2D eigenvalue weighted by molar-refractivity contribution is 7.12. The highest BCUT2D eigenvalue weighted by Crippen LogP contribution is 2.08. The summed E-state index contributed by atoms with van der Waals surface area (Å²) in [4.78, 5) is 35.2. The Morgan fingerprint density at radius 3 is 2.59 bits per heavy atom. The van der Waals surface area contributed by atoms with Crippen LogP contribution in [0.3, 0.4) is 0 Å². The van der Waals surface area contributed by atoms with Gasteiger partial charge in [-0.3, -0.25) is 14.4 Å². The molecule has 1 aromatic carbocycles. The number of esters is 1. The zero-order valence-electron chi connectivity index (χ0n) is 11.4. The van der Waals surface area contributed by atoms with Crippen LogP contribution in [0.2, 0.25) is 0 Å². The first-order valence-corrected chi connectivity index (χ1v) is 7.21. The Morgan fingerprint density at radius 1 is 1.14 bits per heavy atom. The van der Waals surface area contributed by atoms with E-state index in [4.69, 9.17) is 4.74 Å². The number of ketones is 1. The first kappa shape index (κ1) is 15.8. The number of halogens is 1. The van der Waals surface area contributed by atoms with Crippen molar-refractivity contribution in [2.24, 2.45) is 0 Å². The van der Waals surface area contributed by atoms with E-state index in [0.29, 0.717) is 4.88 Å². The van der Waals surface area contributed by atoms with Crippen molar-refractivity contribution in [1.29, 1.82) is 0 Å². The third-order valence-electron chi connectivity index (χ3n) is 2.68. The Balaban J connectivity index is 1.77. The topological polar surface area (TPSA) is 72.5 Å². The van der Waals surface area contributed by atoms with Gasteiger partial charge in [-0.2, -0.15) is 0 Å².